The van der Waals surface area contributed by atoms with Crippen molar-refractivity contribution in [2.75, 3.05) is 5.75 Å². The Labute approximate surface area is 107 Å². The van der Waals surface area contributed by atoms with Crippen LogP contribution in [0.1, 0.15) is 0 Å². The van der Waals surface area contributed by atoms with Crippen molar-refractivity contribution in [3.8, 4) is 11.3 Å². The number of hydrogen-bond acceptors (Lipinski definition) is 3. The second kappa shape index (κ2) is 4.20. The van der Waals surface area contributed by atoms with Gasteiger partial charge in [-0.2, -0.15) is 0 Å². The summed E-state index contributed by atoms with van der Waals surface area (Å²) in [5, 5.41) is 1.40. The maximum Gasteiger partial charge on any atom is 0.254 e. The zero-order valence-corrected chi connectivity index (χ0v) is 10.5. The fourth-order valence-corrected chi connectivity index (χ4v) is 3.02. The van der Waals surface area contributed by atoms with E-state index in [1.165, 1.54) is 0 Å². The third-order valence-corrected chi connectivity index (χ3v) is 3.96. The van der Waals surface area contributed by atoms with Gasteiger partial charge in [-0.3, -0.25) is 9.36 Å². The Morgan fingerprint density at radius 1 is 1.35 bits per heavy atom. The smallest absolute Gasteiger partial charge is 0.254 e. The topological polar surface area (TPSA) is 34.9 Å². The molecule has 0 atom stereocenters. The summed E-state index contributed by atoms with van der Waals surface area (Å²) in [5.41, 5.74) is 1.46. The molecule has 3 nitrogen and oxygen atoms in total. The molecule has 0 unspecified atom stereocenters. The predicted molar refractivity (Wildman–Crippen MR) is 69.7 cm³/mol. The Hall–Kier alpha value is -1.26. The minimum atomic E-state index is -0.00470. The number of nitrogens with zero attached hydrogens (tertiary/aromatic N) is 2. The Morgan fingerprint density at radius 2 is 2.18 bits per heavy atom. The SMILES string of the molecule is O=c1cc(-c2ccccc2Cl)nc2n1CCS2. The van der Waals surface area contributed by atoms with Crippen molar-refractivity contribution in [1.29, 1.82) is 0 Å². The zero-order chi connectivity index (χ0) is 11.8. The Bertz CT molecular complexity index is 639. The lowest BCUT2D eigenvalue weighted by Gasteiger charge is -2.06. The fourth-order valence-electron chi connectivity index (χ4n) is 1.84. The minimum Gasteiger partial charge on any atom is -0.287 e. The molecule has 0 spiro atoms. The standard InChI is InChI=1S/C12H9ClN2OS/c13-9-4-2-1-3-8(9)10-7-11(16)15-5-6-17-12(15)14-10/h1-4,7H,5-6H2. The minimum absolute atomic E-state index is 0.00470. The van der Waals surface area contributed by atoms with Gasteiger partial charge in [0.05, 0.1) is 5.69 Å². The third-order valence-electron chi connectivity index (χ3n) is 2.67. The van der Waals surface area contributed by atoms with E-state index in [1.807, 2.05) is 18.2 Å². The molecule has 0 N–H and O–H groups in total. The number of aromatic nitrogens is 2. The highest BCUT2D eigenvalue weighted by Crippen LogP contribution is 2.28. The van der Waals surface area contributed by atoms with Crippen LogP contribution in [0.2, 0.25) is 5.02 Å². The molecule has 0 amide bonds. The molecule has 0 bridgehead atoms. The molecule has 0 aliphatic carbocycles. The van der Waals surface area contributed by atoms with Gasteiger partial charge in [-0.15, -0.1) is 0 Å². The van der Waals surface area contributed by atoms with E-state index in [1.54, 1.807) is 28.5 Å². The Balaban J connectivity index is 2.20. The van der Waals surface area contributed by atoms with Crippen LogP contribution in [0.3, 0.4) is 0 Å². The van der Waals surface area contributed by atoms with Gasteiger partial charge in [-0.05, 0) is 6.07 Å². The summed E-state index contributed by atoms with van der Waals surface area (Å²) in [6.45, 7) is 0.745. The molecule has 0 saturated carbocycles. The molecule has 1 aliphatic heterocycles. The first-order valence-corrected chi connectivity index (χ1v) is 6.61. The fraction of sp³-hybridized carbons (Fsp3) is 0.167. The monoisotopic (exact) mass is 264 g/mol. The van der Waals surface area contributed by atoms with E-state index in [9.17, 15) is 4.79 Å². The van der Waals surface area contributed by atoms with E-state index in [2.05, 4.69) is 4.98 Å². The van der Waals surface area contributed by atoms with Crippen molar-refractivity contribution >= 4 is 23.4 Å². The van der Waals surface area contributed by atoms with E-state index in [0.29, 0.717) is 10.7 Å². The molecular weight excluding hydrogens is 256 g/mol. The molecule has 2 heterocycles. The Kier molecular flexibility index (Phi) is 2.68. The highest BCUT2D eigenvalue weighted by molar-refractivity contribution is 7.99. The van der Waals surface area contributed by atoms with Crippen LogP contribution < -0.4 is 5.56 Å². The van der Waals surface area contributed by atoms with Gasteiger partial charge in [0.1, 0.15) is 0 Å². The number of fused-ring (bicyclic) bond motifs is 1. The molecule has 0 radical (unpaired) electrons. The first kappa shape index (κ1) is 10.9. The van der Waals surface area contributed by atoms with Crippen molar-refractivity contribution in [2.45, 2.75) is 11.7 Å². The number of thioether (sulfide) groups is 1. The van der Waals surface area contributed by atoms with Crippen molar-refractivity contribution < 1.29 is 0 Å². The maximum atomic E-state index is 11.9. The molecule has 86 valence electrons. The van der Waals surface area contributed by atoms with Crippen molar-refractivity contribution in [3.05, 3.63) is 45.7 Å². The normalized spacial score (nSPS) is 13.7. The molecule has 3 rings (SSSR count). The largest absolute Gasteiger partial charge is 0.287 e. The third kappa shape index (κ3) is 1.87. The number of hydrogen-bond donors (Lipinski definition) is 0. The summed E-state index contributed by atoms with van der Waals surface area (Å²) in [4.78, 5) is 16.4. The van der Waals surface area contributed by atoms with Crippen LogP contribution >= 0.6 is 23.4 Å². The van der Waals surface area contributed by atoms with Gasteiger partial charge < -0.3 is 0 Å². The van der Waals surface area contributed by atoms with Crippen LogP contribution in [0, 0.1) is 0 Å². The van der Waals surface area contributed by atoms with Gasteiger partial charge in [0.25, 0.3) is 5.56 Å². The molecule has 1 aliphatic rings. The molecule has 17 heavy (non-hydrogen) atoms. The first-order chi connectivity index (χ1) is 8.25. The molecular formula is C12H9ClN2OS. The van der Waals surface area contributed by atoms with Gasteiger partial charge in [0.15, 0.2) is 5.16 Å². The molecule has 0 fully saturated rings. The summed E-state index contributed by atoms with van der Waals surface area (Å²) >= 11 is 7.71. The van der Waals surface area contributed by atoms with Crippen LogP contribution in [0.25, 0.3) is 11.3 Å². The van der Waals surface area contributed by atoms with Gasteiger partial charge >= 0.3 is 0 Å². The van der Waals surface area contributed by atoms with E-state index >= 15 is 0 Å². The second-order valence-corrected chi connectivity index (χ2v) is 5.21. The average Bonchev–Trinajstić information content (AvgIpc) is 2.78. The highest BCUT2D eigenvalue weighted by Gasteiger charge is 2.16. The Morgan fingerprint density at radius 3 is 3.00 bits per heavy atom. The van der Waals surface area contributed by atoms with Crippen molar-refractivity contribution in [1.82, 2.24) is 9.55 Å². The molecule has 0 saturated heterocycles. The lowest BCUT2D eigenvalue weighted by Crippen LogP contribution is -2.19. The van der Waals surface area contributed by atoms with E-state index in [0.717, 1.165) is 23.0 Å². The van der Waals surface area contributed by atoms with Crippen LogP contribution in [-0.4, -0.2) is 15.3 Å². The van der Waals surface area contributed by atoms with Gasteiger partial charge in [0, 0.05) is 29.0 Å². The summed E-state index contributed by atoms with van der Waals surface area (Å²) in [7, 11) is 0. The first-order valence-electron chi connectivity index (χ1n) is 5.25. The quantitative estimate of drug-likeness (QED) is 0.743. The molecule has 2 aromatic rings. The van der Waals surface area contributed by atoms with E-state index in [-0.39, 0.29) is 5.56 Å². The summed E-state index contributed by atoms with van der Waals surface area (Å²) in [6, 6.07) is 8.98. The highest BCUT2D eigenvalue weighted by atomic mass is 35.5. The van der Waals surface area contributed by atoms with Gasteiger partial charge in [0.2, 0.25) is 0 Å². The lowest BCUT2D eigenvalue weighted by molar-refractivity contribution is 0.658. The van der Waals surface area contributed by atoms with Crippen LogP contribution in [0.4, 0.5) is 0 Å². The van der Waals surface area contributed by atoms with Crippen molar-refractivity contribution in [2.24, 2.45) is 0 Å². The van der Waals surface area contributed by atoms with E-state index < -0.39 is 0 Å². The predicted octanol–water partition coefficient (Wildman–Crippen LogP) is 2.67. The summed E-state index contributed by atoms with van der Waals surface area (Å²) in [6.07, 6.45) is 0. The number of halogens is 1. The average molecular weight is 265 g/mol. The van der Waals surface area contributed by atoms with Crippen molar-refractivity contribution in [3.63, 3.8) is 0 Å². The van der Waals surface area contributed by atoms with Gasteiger partial charge in [-0.25, -0.2) is 4.98 Å². The van der Waals surface area contributed by atoms with Crippen LogP contribution in [0.15, 0.2) is 40.3 Å². The second-order valence-electron chi connectivity index (χ2n) is 3.74. The van der Waals surface area contributed by atoms with E-state index in [4.69, 9.17) is 11.6 Å². The summed E-state index contributed by atoms with van der Waals surface area (Å²) < 4.78 is 1.70. The maximum absolute atomic E-state index is 11.9. The summed E-state index contributed by atoms with van der Waals surface area (Å²) in [5.74, 6) is 0.911. The van der Waals surface area contributed by atoms with Gasteiger partial charge in [-0.1, -0.05) is 41.6 Å². The molecule has 5 heteroatoms. The molecule has 1 aromatic carbocycles. The molecule has 1 aromatic heterocycles. The van der Waals surface area contributed by atoms with Crippen LogP contribution in [0.5, 0.6) is 0 Å². The lowest BCUT2D eigenvalue weighted by atomic mass is 10.1. The zero-order valence-electron chi connectivity index (χ0n) is 8.89. The number of rotatable bonds is 1. The number of benzene rings is 1. The van der Waals surface area contributed by atoms with Crippen LogP contribution in [-0.2, 0) is 6.54 Å².